The maximum Gasteiger partial charge on any atom is 0.140 e. The van der Waals surface area contributed by atoms with Crippen molar-refractivity contribution in [3.05, 3.63) is 30.3 Å². The molecule has 1 saturated heterocycles. The molecule has 0 bridgehead atoms. The molecule has 0 saturated carbocycles. The largest absolute Gasteiger partial charge is 0.354 e. The number of anilines is 1. The van der Waals surface area contributed by atoms with Crippen LogP contribution in [0.5, 0.6) is 0 Å². The summed E-state index contributed by atoms with van der Waals surface area (Å²) < 4.78 is 13.3. The van der Waals surface area contributed by atoms with Crippen LogP contribution in [0.1, 0.15) is 6.42 Å². The molecule has 3 rings (SSSR count). The molecular formula is C12H13FN4. The predicted molar refractivity (Wildman–Crippen MR) is 64.3 cm³/mol. The van der Waals surface area contributed by atoms with Crippen molar-refractivity contribution in [1.29, 1.82) is 0 Å². The summed E-state index contributed by atoms with van der Waals surface area (Å²) in [6, 6.07) is 4.74. The Morgan fingerprint density at radius 2 is 2.24 bits per heavy atom. The molecule has 1 aliphatic rings. The summed E-state index contributed by atoms with van der Waals surface area (Å²) in [5.74, 6) is 0.513. The van der Waals surface area contributed by atoms with E-state index >= 15 is 0 Å². The molecule has 1 aromatic heterocycles. The summed E-state index contributed by atoms with van der Waals surface area (Å²) in [7, 11) is 0. The Hall–Kier alpha value is -1.75. The molecule has 2 N–H and O–H groups in total. The molecule has 2 heterocycles. The lowest BCUT2D eigenvalue weighted by Gasteiger charge is -2.18. The molecule has 5 heteroatoms. The normalized spacial score (nSPS) is 20.1. The number of nitrogens with two attached hydrogens (primary N) is 1. The Morgan fingerprint density at radius 3 is 3.00 bits per heavy atom. The zero-order valence-corrected chi connectivity index (χ0v) is 9.31. The third-order valence-corrected chi connectivity index (χ3v) is 3.10. The van der Waals surface area contributed by atoms with Gasteiger partial charge in [-0.1, -0.05) is 0 Å². The van der Waals surface area contributed by atoms with E-state index in [1.807, 2.05) is 0 Å². The van der Waals surface area contributed by atoms with Crippen LogP contribution in [0.4, 0.5) is 10.2 Å². The van der Waals surface area contributed by atoms with E-state index in [0.717, 1.165) is 36.2 Å². The van der Waals surface area contributed by atoms with E-state index in [0.29, 0.717) is 0 Å². The fraction of sp³-hybridized carbons (Fsp3) is 0.333. The summed E-state index contributed by atoms with van der Waals surface area (Å²) >= 11 is 0. The predicted octanol–water partition coefficient (Wildman–Crippen LogP) is 1.31. The van der Waals surface area contributed by atoms with Crippen LogP contribution >= 0.6 is 0 Å². The molecule has 1 aliphatic heterocycles. The quantitative estimate of drug-likeness (QED) is 0.805. The Kier molecular flexibility index (Phi) is 2.40. The number of rotatable bonds is 1. The molecule has 0 aliphatic carbocycles. The number of hydrogen-bond donors (Lipinski definition) is 1. The second-order valence-electron chi connectivity index (χ2n) is 4.35. The summed E-state index contributed by atoms with van der Waals surface area (Å²) in [5.41, 5.74) is 6.64. The van der Waals surface area contributed by atoms with Gasteiger partial charge < -0.3 is 10.6 Å². The minimum Gasteiger partial charge on any atom is -0.354 e. The van der Waals surface area contributed by atoms with Crippen LogP contribution in [0.2, 0.25) is 0 Å². The fourth-order valence-electron chi connectivity index (χ4n) is 2.25. The highest BCUT2D eigenvalue weighted by molar-refractivity contribution is 5.89. The number of nitrogens with zero attached hydrogens (tertiary/aromatic N) is 3. The van der Waals surface area contributed by atoms with E-state index in [9.17, 15) is 4.39 Å². The van der Waals surface area contributed by atoms with Gasteiger partial charge in [0.25, 0.3) is 0 Å². The third-order valence-electron chi connectivity index (χ3n) is 3.10. The van der Waals surface area contributed by atoms with Crippen molar-refractivity contribution in [1.82, 2.24) is 9.97 Å². The van der Waals surface area contributed by atoms with Gasteiger partial charge in [-0.3, -0.25) is 0 Å². The monoisotopic (exact) mass is 232 g/mol. The van der Waals surface area contributed by atoms with Gasteiger partial charge in [0.15, 0.2) is 0 Å². The Bertz CT molecular complexity index is 557. The standard InChI is InChI=1S/C12H13FN4/c13-8-1-2-11-10(5-8)12(16-7-15-11)17-4-3-9(14)6-17/h1-2,5,7,9H,3-4,6,14H2/t9-/m1/s1. The molecule has 88 valence electrons. The second-order valence-corrected chi connectivity index (χ2v) is 4.35. The van der Waals surface area contributed by atoms with Crippen LogP contribution in [0.25, 0.3) is 10.9 Å². The number of halogens is 1. The lowest BCUT2D eigenvalue weighted by molar-refractivity contribution is 0.629. The summed E-state index contributed by atoms with van der Waals surface area (Å²) in [6.07, 6.45) is 2.46. The van der Waals surface area contributed by atoms with Crippen LogP contribution in [-0.2, 0) is 0 Å². The van der Waals surface area contributed by atoms with Gasteiger partial charge >= 0.3 is 0 Å². The molecule has 0 radical (unpaired) electrons. The van der Waals surface area contributed by atoms with Crippen LogP contribution < -0.4 is 10.6 Å². The third kappa shape index (κ3) is 1.82. The highest BCUT2D eigenvalue weighted by Gasteiger charge is 2.22. The first-order chi connectivity index (χ1) is 8.24. The zero-order chi connectivity index (χ0) is 11.8. The van der Waals surface area contributed by atoms with Gasteiger partial charge in [-0.25, -0.2) is 14.4 Å². The molecular weight excluding hydrogens is 219 g/mol. The Labute approximate surface area is 98.3 Å². The van der Waals surface area contributed by atoms with Gasteiger partial charge in [0, 0.05) is 24.5 Å². The lowest BCUT2D eigenvalue weighted by atomic mass is 10.2. The van der Waals surface area contributed by atoms with Crippen molar-refractivity contribution in [2.45, 2.75) is 12.5 Å². The first-order valence-electron chi connectivity index (χ1n) is 5.65. The van der Waals surface area contributed by atoms with Crippen molar-refractivity contribution in [3.8, 4) is 0 Å². The van der Waals surface area contributed by atoms with Crippen molar-refractivity contribution in [2.75, 3.05) is 18.0 Å². The van der Waals surface area contributed by atoms with Crippen molar-refractivity contribution < 1.29 is 4.39 Å². The van der Waals surface area contributed by atoms with Crippen LogP contribution in [-0.4, -0.2) is 29.1 Å². The maximum absolute atomic E-state index is 13.3. The molecule has 2 aromatic rings. The maximum atomic E-state index is 13.3. The number of aromatic nitrogens is 2. The van der Waals surface area contributed by atoms with Gasteiger partial charge in [-0.2, -0.15) is 0 Å². The molecule has 1 aromatic carbocycles. The van der Waals surface area contributed by atoms with Gasteiger partial charge in [-0.15, -0.1) is 0 Å². The molecule has 17 heavy (non-hydrogen) atoms. The van der Waals surface area contributed by atoms with Crippen LogP contribution in [0.3, 0.4) is 0 Å². The van der Waals surface area contributed by atoms with E-state index in [-0.39, 0.29) is 11.9 Å². The van der Waals surface area contributed by atoms with Gasteiger partial charge in [0.2, 0.25) is 0 Å². The Balaban J connectivity index is 2.12. The van der Waals surface area contributed by atoms with E-state index in [4.69, 9.17) is 5.73 Å². The molecule has 1 atom stereocenters. The van der Waals surface area contributed by atoms with Gasteiger partial charge in [0.05, 0.1) is 5.52 Å². The molecule has 1 fully saturated rings. The second kappa shape index (κ2) is 3.92. The Morgan fingerprint density at radius 1 is 1.35 bits per heavy atom. The first-order valence-corrected chi connectivity index (χ1v) is 5.65. The summed E-state index contributed by atoms with van der Waals surface area (Å²) in [6.45, 7) is 1.63. The van der Waals surface area contributed by atoms with Crippen molar-refractivity contribution in [3.63, 3.8) is 0 Å². The minimum absolute atomic E-state index is 0.175. The van der Waals surface area contributed by atoms with Crippen LogP contribution in [0, 0.1) is 5.82 Å². The van der Waals surface area contributed by atoms with E-state index in [1.165, 1.54) is 18.5 Å². The molecule has 0 unspecified atom stereocenters. The zero-order valence-electron chi connectivity index (χ0n) is 9.31. The van der Waals surface area contributed by atoms with E-state index in [2.05, 4.69) is 14.9 Å². The average molecular weight is 232 g/mol. The highest BCUT2D eigenvalue weighted by Crippen LogP contribution is 2.26. The van der Waals surface area contributed by atoms with E-state index < -0.39 is 0 Å². The SMILES string of the molecule is N[C@@H]1CCN(c2ncnc3ccc(F)cc23)C1. The van der Waals surface area contributed by atoms with Crippen LogP contribution in [0.15, 0.2) is 24.5 Å². The minimum atomic E-state index is -0.267. The first kappa shape index (κ1) is 10.4. The van der Waals surface area contributed by atoms with Gasteiger partial charge in [-0.05, 0) is 24.6 Å². The number of benzene rings is 1. The van der Waals surface area contributed by atoms with Crippen molar-refractivity contribution >= 4 is 16.7 Å². The highest BCUT2D eigenvalue weighted by atomic mass is 19.1. The number of fused-ring (bicyclic) bond motifs is 1. The summed E-state index contributed by atoms with van der Waals surface area (Å²) in [5, 5.41) is 0.751. The molecule has 0 amide bonds. The average Bonchev–Trinajstić information content (AvgIpc) is 2.75. The number of hydrogen-bond acceptors (Lipinski definition) is 4. The van der Waals surface area contributed by atoms with Gasteiger partial charge in [0.1, 0.15) is 18.0 Å². The smallest absolute Gasteiger partial charge is 0.140 e. The lowest BCUT2D eigenvalue weighted by Crippen LogP contribution is -2.27. The van der Waals surface area contributed by atoms with Crippen molar-refractivity contribution in [2.24, 2.45) is 5.73 Å². The molecule has 0 spiro atoms. The summed E-state index contributed by atoms with van der Waals surface area (Å²) in [4.78, 5) is 10.5. The molecule has 4 nitrogen and oxygen atoms in total. The topological polar surface area (TPSA) is 55.0 Å². The fourth-order valence-corrected chi connectivity index (χ4v) is 2.25. The van der Waals surface area contributed by atoms with E-state index in [1.54, 1.807) is 6.07 Å².